The highest BCUT2D eigenvalue weighted by molar-refractivity contribution is 5.77. The Morgan fingerprint density at radius 3 is 2.63 bits per heavy atom. The van der Waals surface area contributed by atoms with Crippen LogP contribution in [0.15, 0.2) is 24.3 Å². The Labute approximate surface area is 111 Å². The van der Waals surface area contributed by atoms with Gasteiger partial charge in [0.2, 0.25) is 5.91 Å². The molecule has 0 aromatic heterocycles. The largest absolute Gasteiger partial charge is 0.369 e. The van der Waals surface area contributed by atoms with Gasteiger partial charge in [-0.2, -0.15) is 0 Å². The number of primary amides is 1. The lowest BCUT2D eigenvalue weighted by atomic mass is 10.1. The van der Waals surface area contributed by atoms with Gasteiger partial charge in [-0.05, 0) is 24.9 Å². The molecule has 1 saturated heterocycles. The van der Waals surface area contributed by atoms with Crippen molar-refractivity contribution in [3.63, 3.8) is 0 Å². The summed E-state index contributed by atoms with van der Waals surface area (Å²) in [6.07, 6.45) is 1.65. The molecule has 0 aliphatic carbocycles. The average Bonchev–Trinajstić information content (AvgIpc) is 2.86. The molecule has 6 nitrogen and oxygen atoms in total. The topological polar surface area (TPSA) is 89.5 Å². The van der Waals surface area contributed by atoms with Crippen molar-refractivity contribution in [2.45, 2.75) is 12.8 Å². The molecule has 0 radical (unpaired) electrons. The number of carbonyl (C=O) groups excluding carboxylic acids is 1. The molecule has 1 aromatic rings. The summed E-state index contributed by atoms with van der Waals surface area (Å²) in [5.74, 6) is -0.255. The van der Waals surface area contributed by atoms with Crippen LogP contribution in [0.3, 0.4) is 0 Å². The van der Waals surface area contributed by atoms with Crippen LogP contribution in [-0.4, -0.2) is 35.4 Å². The Hall–Kier alpha value is -1.95. The molecule has 1 atom stereocenters. The van der Waals surface area contributed by atoms with Gasteiger partial charge in [0.15, 0.2) is 0 Å². The number of nitro groups is 1. The third-order valence-corrected chi connectivity index (χ3v) is 3.54. The quantitative estimate of drug-likeness (QED) is 0.632. The Kier molecular flexibility index (Phi) is 4.11. The van der Waals surface area contributed by atoms with Crippen LogP contribution in [0.4, 0.5) is 5.69 Å². The van der Waals surface area contributed by atoms with Gasteiger partial charge in [-0.1, -0.05) is 12.1 Å². The van der Waals surface area contributed by atoms with Gasteiger partial charge in [0.1, 0.15) is 0 Å². The summed E-state index contributed by atoms with van der Waals surface area (Å²) in [6, 6.07) is 6.59. The molecule has 6 heteroatoms. The van der Waals surface area contributed by atoms with Crippen molar-refractivity contribution in [1.82, 2.24) is 4.90 Å². The van der Waals surface area contributed by atoms with Gasteiger partial charge >= 0.3 is 0 Å². The van der Waals surface area contributed by atoms with Gasteiger partial charge in [0.05, 0.1) is 10.8 Å². The minimum atomic E-state index is -0.401. The molecule has 2 N–H and O–H groups in total. The summed E-state index contributed by atoms with van der Waals surface area (Å²) >= 11 is 0. The number of carbonyl (C=O) groups is 1. The predicted octanol–water partition coefficient (Wildman–Crippen LogP) is 0.944. The van der Waals surface area contributed by atoms with Crippen LogP contribution < -0.4 is 5.73 Å². The van der Waals surface area contributed by atoms with Crippen LogP contribution in [-0.2, 0) is 11.2 Å². The first-order valence-corrected chi connectivity index (χ1v) is 6.31. The number of nitrogens with zero attached hydrogens (tertiary/aromatic N) is 2. The summed E-state index contributed by atoms with van der Waals surface area (Å²) in [4.78, 5) is 23.4. The number of hydrogen-bond donors (Lipinski definition) is 1. The zero-order chi connectivity index (χ0) is 13.8. The summed E-state index contributed by atoms with van der Waals surface area (Å²) in [6.45, 7) is 2.46. The van der Waals surface area contributed by atoms with Gasteiger partial charge < -0.3 is 10.6 Å². The van der Waals surface area contributed by atoms with Gasteiger partial charge in [-0.15, -0.1) is 0 Å². The molecule has 0 spiro atoms. The summed E-state index contributed by atoms with van der Waals surface area (Å²) < 4.78 is 0. The van der Waals surface area contributed by atoms with Crippen molar-refractivity contribution < 1.29 is 9.72 Å². The number of hydrogen-bond acceptors (Lipinski definition) is 4. The van der Waals surface area contributed by atoms with E-state index < -0.39 is 4.92 Å². The summed E-state index contributed by atoms with van der Waals surface area (Å²) in [5.41, 5.74) is 6.46. The minimum Gasteiger partial charge on any atom is -0.369 e. The van der Waals surface area contributed by atoms with E-state index in [0.717, 1.165) is 38.0 Å². The number of benzene rings is 1. The molecule has 102 valence electrons. The highest BCUT2D eigenvalue weighted by atomic mass is 16.6. The van der Waals surface area contributed by atoms with Crippen LogP contribution in [0.2, 0.25) is 0 Å². The maximum absolute atomic E-state index is 11.1. The standard InChI is InChI=1S/C13H17N3O3/c14-13(17)11-6-8-15(9-11)7-5-10-1-3-12(4-2-10)16(18)19/h1-4,11H,5-9H2,(H2,14,17). The third-order valence-electron chi connectivity index (χ3n) is 3.54. The SMILES string of the molecule is NC(=O)C1CCN(CCc2ccc([N+](=O)[O-])cc2)C1. The Bertz CT molecular complexity index is 473. The van der Waals surface area contributed by atoms with E-state index >= 15 is 0 Å². The maximum Gasteiger partial charge on any atom is 0.269 e. The Morgan fingerprint density at radius 1 is 1.42 bits per heavy atom. The second-order valence-corrected chi connectivity index (χ2v) is 4.86. The predicted molar refractivity (Wildman–Crippen MR) is 70.5 cm³/mol. The average molecular weight is 263 g/mol. The third kappa shape index (κ3) is 3.51. The highest BCUT2D eigenvalue weighted by Gasteiger charge is 2.25. The Balaban J connectivity index is 1.83. The lowest BCUT2D eigenvalue weighted by Crippen LogP contribution is -2.28. The normalized spacial score (nSPS) is 19.5. The van der Waals surface area contributed by atoms with Crippen LogP contribution in [0.25, 0.3) is 0 Å². The first-order chi connectivity index (χ1) is 9.06. The molecule has 1 heterocycles. The Morgan fingerprint density at radius 2 is 2.11 bits per heavy atom. The van der Waals surface area contributed by atoms with Crippen molar-refractivity contribution >= 4 is 11.6 Å². The fourth-order valence-corrected chi connectivity index (χ4v) is 2.34. The molecule has 1 fully saturated rings. The second-order valence-electron chi connectivity index (χ2n) is 4.86. The number of nitro benzene ring substituents is 1. The van der Waals surface area contributed by atoms with E-state index in [2.05, 4.69) is 4.90 Å². The van der Waals surface area contributed by atoms with Crippen molar-refractivity contribution in [2.75, 3.05) is 19.6 Å². The van der Waals surface area contributed by atoms with Gasteiger partial charge in [0.25, 0.3) is 5.69 Å². The zero-order valence-corrected chi connectivity index (χ0v) is 10.6. The molecular formula is C13H17N3O3. The lowest BCUT2D eigenvalue weighted by Gasteiger charge is -2.14. The molecule has 2 rings (SSSR count). The van der Waals surface area contributed by atoms with E-state index in [-0.39, 0.29) is 17.5 Å². The fourth-order valence-electron chi connectivity index (χ4n) is 2.34. The number of likely N-dealkylation sites (tertiary alicyclic amines) is 1. The number of nitrogens with two attached hydrogens (primary N) is 1. The minimum absolute atomic E-state index is 0.0307. The van der Waals surface area contributed by atoms with Crippen LogP contribution in [0.5, 0.6) is 0 Å². The number of non-ortho nitro benzene ring substituents is 1. The first kappa shape index (κ1) is 13.5. The van der Waals surface area contributed by atoms with Gasteiger partial charge in [-0.3, -0.25) is 14.9 Å². The molecule has 1 aliphatic rings. The molecule has 1 amide bonds. The molecule has 19 heavy (non-hydrogen) atoms. The van der Waals surface area contributed by atoms with Gasteiger partial charge in [0, 0.05) is 25.2 Å². The van der Waals surface area contributed by atoms with Crippen LogP contribution in [0.1, 0.15) is 12.0 Å². The fraction of sp³-hybridized carbons (Fsp3) is 0.462. The highest BCUT2D eigenvalue weighted by Crippen LogP contribution is 2.17. The summed E-state index contributed by atoms with van der Waals surface area (Å²) in [5, 5.41) is 10.5. The van der Waals surface area contributed by atoms with Crippen LogP contribution in [0, 0.1) is 16.0 Å². The zero-order valence-electron chi connectivity index (χ0n) is 10.6. The van der Waals surface area contributed by atoms with E-state index in [1.54, 1.807) is 12.1 Å². The molecule has 1 unspecified atom stereocenters. The van der Waals surface area contributed by atoms with E-state index in [0.29, 0.717) is 0 Å². The van der Waals surface area contributed by atoms with E-state index in [9.17, 15) is 14.9 Å². The molecule has 0 saturated carbocycles. The molecule has 1 aromatic carbocycles. The van der Waals surface area contributed by atoms with Crippen LogP contribution >= 0.6 is 0 Å². The van der Waals surface area contributed by atoms with Crippen molar-refractivity contribution in [1.29, 1.82) is 0 Å². The van der Waals surface area contributed by atoms with E-state index in [4.69, 9.17) is 5.73 Å². The molecular weight excluding hydrogens is 246 g/mol. The smallest absolute Gasteiger partial charge is 0.269 e. The first-order valence-electron chi connectivity index (χ1n) is 6.31. The van der Waals surface area contributed by atoms with Crippen molar-refractivity contribution in [2.24, 2.45) is 11.7 Å². The lowest BCUT2D eigenvalue weighted by molar-refractivity contribution is -0.384. The van der Waals surface area contributed by atoms with Crippen molar-refractivity contribution in [3.05, 3.63) is 39.9 Å². The molecule has 0 bridgehead atoms. The maximum atomic E-state index is 11.1. The van der Waals surface area contributed by atoms with Crippen molar-refractivity contribution in [3.8, 4) is 0 Å². The second kappa shape index (κ2) is 5.79. The number of rotatable bonds is 5. The van der Waals surface area contributed by atoms with Gasteiger partial charge in [-0.25, -0.2) is 0 Å². The monoisotopic (exact) mass is 263 g/mol. The molecule has 1 aliphatic heterocycles. The van der Waals surface area contributed by atoms with E-state index in [1.807, 2.05) is 0 Å². The summed E-state index contributed by atoms with van der Waals surface area (Å²) in [7, 11) is 0. The number of amides is 1. The van der Waals surface area contributed by atoms with E-state index in [1.165, 1.54) is 12.1 Å².